The molecule has 110 valence electrons. The van der Waals surface area contributed by atoms with E-state index in [1.54, 1.807) is 5.32 Å². The van der Waals surface area contributed by atoms with Crippen LogP contribution in [-0.4, -0.2) is 34.6 Å². The second-order valence-corrected chi connectivity index (χ2v) is 4.58. The van der Waals surface area contributed by atoms with Crippen molar-refractivity contribution in [2.24, 2.45) is 0 Å². The van der Waals surface area contributed by atoms with Crippen molar-refractivity contribution in [3.05, 3.63) is 0 Å². The lowest BCUT2D eigenvalue weighted by molar-refractivity contribution is -0.270. The van der Waals surface area contributed by atoms with Gasteiger partial charge in [0.2, 0.25) is 0 Å². The van der Waals surface area contributed by atoms with E-state index in [1.165, 1.54) is 0 Å². The maximum atomic E-state index is 12.8. The highest BCUT2D eigenvalue weighted by atomic mass is 19.4. The van der Waals surface area contributed by atoms with Crippen LogP contribution in [0.5, 0.6) is 0 Å². The lowest BCUT2D eigenvalue weighted by atomic mass is 9.92. The first-order valence-corrected chi connectivity index (χ1v) is 5.49. The Kier molecular flexibility index (Phi) is 4.06. The fraction of sp³-hybridized carbons (Fsp3) is 0.800. The Morgan fingerprint density at radius 3 is 1.95 bits per heavy atom. The number of aliphatic carboxylic acids is 1. The van der Waals surface area contributed by atoms with E-state index in [0.29, 0.717) is 12.8 Å². The first-order valence-electron chi connectivity index (χ1n) is 5.49. The molecule has 0 atom stereocenters. The molecule has 0 heterocycles. The van der Waals surface area contributed by atoms with Gasteiger partial charge in [-0.25, -0.2) is 0 Å². The quantitative estimate of drug-likeness (QED) is 0.779. The van der Waals surface area contributed by atoms with Gasteiger partial charge in [0.25, 0.3) is 0 Å². The molecule has 9 heteroatoms. The van der Waals surface area contributed by atoms with Crippen LogP contribution < -0.4 is 5.32 Å². The monoisotopic (exact) mass is 289 g/mol. The standard InChI is InChI=1S/C10H12F5NO3/c11-9(12,10(13,14)15)7(19)16-8(5-6(17)18)3-1-2-4-8/h1-5H2,(H,16,19)(H,17,18). The number of amides is 1. The first-order chi connectivity index (χ1) is 8.50. The molecular weight excluding hydrogens is 277 g/mol. The lowest BCUT2D eigenvalue weighted by Gasteiger charge is -2.31. The predicted octanol–water partition coefficient (Wildman–Crippen LogP) is 2.09. The number of hydrogen-bond acceptors (Lipinski definition) is 2. The Labute approximate surface area is 105 Å². The Morgan fingerprint density at radius 1 is 1.11 bits per heavy atom. The zero-order valence-corrected chi connectivity index (χ0v) is 9.69. The Bertz CT molecular complexity index is 374. The van der Waals surface area contributed by atoms with E-state index >= 15 is 0 Å². The van der Waals surface area contributed by atoms with Crippen molar-refractivity contribution in [2.45, 2.75) is 49.7 Å². The molecule has 1 rings (SSSR count). The van der Waals surface area contributed by atoms with Crippen molar-refractivity contribution in [1.29, 1.82) is 0 Å². The molecule has 0 aliphatic heterocycles. The Balaban J connectivity index is 2.86. The average Bonchev–Trinajstić information content (AvgIpc) is 2.63. The molecule has 0 saturated heterocycles. The predicted molar refractivity (Wildman–Crippen MR) is 52.6 cm³/mol. The van der Waals surface area contributed by atoms with Crippen molar-refractivity contribution >= 4 is 11.9 Å². The van der Waals surface area contributed by atoms with E-state index in [2.05, 4.69) is 0 Å². The number of carbonyl (C=O) groups excluding carboxylic acids is 1. The summed E-state index contributed by atoms with van der Waals surface area (Å²) in [5, 5.41) is 10.2. The van der Waals surface area contributed by atoms with E-state index in [1.807, 2.05) is 0 Å². The normalized spacial score (nSPS) is 19.2. The molecular formula is C10H12F5NO3. The number of nitrogens with one attached hydrogen (secondary N) is 1. The zero-order chi connectivity index (χ0) is 14.9. The summed E-state index contributed by atoms with van der Waals surface area (Å²) in [5.41, 5.74) is -1.52. The van der Waals surface area contributed by atoms with Gasteiger partial charge in [-0.1, -0.05) is 12.8 Å². The Morgan fingerprint density at radius 2 is 1.58 bits per heavy atom. The van der Waals surface area contributed by atoms with Gasteiger partial charge in [0.05, 0.1) is 12.0 Å². The molecule has 0 aromatic rings. The van der Waals surface area contributed by atoms with Gasteiger partial charge in [-0.2, -0.15) is 22.0 Å². The molecule has 2 N–H and O–H groups in total. The number of rotatable bonds is 4. The smallest absolute Gasteiger partial charge is 0.463 e. The van der Waals surface area contributed by atoms with E-state index < -0.39 is 35.9 Å². The zero-order valence-electron chi connectivity index (χ0n) is 9.69. The topological polar surface area (TPSA) is 66.4 Å². The van der Waals surface area contributed by atoms with Gasteiger partial charge in [0.15, 0.2) is 0 Å². The summed E-state index contributed by atoms with van der Waals surface area (Å²) in [5.74, 6) is -9.39. The summed E-state index contributed by atoms with van der Waals surface area (Å²) in [6.45, 7) is 0. The molecule has 1 aliphatic carbocycles. The highest BCUT2D eigenvalue weighted by Gasteiger charge is 2.64. The van der Waals surface area contributed by atoms with E-state index in [-0.39, 0.29) is 12.8 Å². The summed E-state index contributed by atoms with van der Waals surface area (Å²) in [7, 11) is 0. The molecule has 0 unspecified atom stereocenters. The molecule has 0 aromatic heterocycles. The van der Waals surface area contributed by atoms with E-state index in [0.717, 1.165) is 0 Å². The van der Waals surface area contributed by atoms with E-state index in [4.69, 9.17) is 5.11 Å². The Hall–Kier alpha value is -1.41. The highest BCUT2D eigenvalue weighted by molar-refractivity contribution is 5.85. The summed E-state index contributed by atoms with van der Waals surface area (Å²) in [6, 6.07) is 0. The summed E-state index contributed by atoms with van der Waals surface area (Å²) >= 11 is 0. The minimum atomic E-state index is -6.00. The maximum Gasteiger partial charge on any atom is 0.463 e. The van der Waals surface area contributed by atoms with Crippen LogP contribution in [0.4, 0.5) is 22.0 Å². The summed E-state index contributed by atoms with van der Waals surface area (Å²) in [4.78, 5) is 21.7. The molecule has 0 aromatic carbocycles. The van der Waals surface area contributed by atoms with Gasteiger partial charge in [0, 0.05) is 0 Å². The van der Waals surface area contributed by atoms with Crippen molar-refractivity contribution < 1.29 is 36.6 Å². The van der Waals surface area contributed by atoms with Crippen LogP contribution >= 0.6 is 0 Å². The molecule has 1 saturated carbocycles. The van der Waals surface area contributed by atoms with Crippen LogP contribution in [0.25, 0.3) is 0 Å². The van der Waals surface area contributed by atoms with Crippen LogP contribution in [0, 0.1) is 0 Å². The molecule has 0 bridgehead atoms. The van der Waals surface area contributed by atoms with Gasteiger partial charge in [-0.05, 0) is 12.8 Å². The molecule has 1 amide bonds. The van der Waals surface area contributed by atoms with Crippen molar-refractivity contribution in [2.75, 3.05) is 0 Å². The van der Waals surface area contributed by atoms with E-state index in [9.17, 15) is 31.5 Å². The van der Waals surface area contributed by atoms with Gasteiger partial charge in [0.1, 0.15) is 0 Å². The van der Waals surface area contributed by atoms with Crippen molar-refractivity contribution in [3.8, 4) is 0 Å². The molecule has 1 aliphatic rings. The van der Waals surface area contributed by atoms with Gasteiger partial charge >= 0.3 is 24.0 Å². The molecule has 1 fully saturated rings. The van der Waals surface area contributed by atoms with Crippen LogP contribution in [0.2, 0.25) is 0 Å². The van der Waals surface area contributed by atoms with Crippen molar-refractivity contribution in [3.63, 3.8) is 0 Å². The second kappa shape index (κ2) is 4.93. The summed E-state index contributed by atoms with van der Waals surface area (Å²) in [6.07, 6.45) is -5.61. The second-order valence-electron chi connectivity index (χ2n) is 4.58. The van der Waals surface area contributed by atoms with Gasteiger partial charge in [-0.15, -0.1) is 0 Å². The largest absolute Gasteiger partial charge is 0.481 e. The highest BCUT2D eigenvalue weighted by Crippen LogP contribution is 2.38. The fourth-order valence-corrected chi connectivity index (χ4v) is 2.14. The van der Waals surface area contributed by atoms with Crippen LogP contribution in [0.1, 0.15) is 32.1 Å². The summed E-state index contributed by atoms with van der Waals surface area (Å²) < 4.78 is 61.7. The third-order valence-electron chi connectivity index (χ3n) is 3.07. The molecule has 0 radical (unpaired) electrons. The third kappa shape index (κ3) is 3.32. The van der Waals surface area contributed by atoms with Gasteiger partial charge < -0.3 is 10.4 Å². The fourth-order valence-electron chi connectivity index (χ4n) is 2.14. The number of carboxylic acids is 1. The van der Waals surface area contributed by atoms with Crippen molar-refractivity contribution in [1.82, 2.24) is 5.32 Å². The van der Waals surface area contributed by atoms with Gasteiger partial charge in [-0.3, -0.25) is 9.59 Å². The maximum absolute atomic E-state index is 12.8. The molecule has 19 heavy (non-hydrogen) atoms. The lowest BCUT2D eigenvalue weighted by Crippen LogP contribution is -2.57. The van der Waals surface area contributed by atoms with Crippen LogP contribution in [0.3, 0.4) is 0 Å². The van der Waals surface area contributed by atoms with Crippen LogP contribution in [0.15, 0.2) is 0 Å². The third-order valence-corrected chi connectivity index (χ3v) is 3.07. The minimum Gasteiger partial charge on any atom is -0.481 e. The molecule has 0 spiro atoms. The number of carbonyl (C=O) groups is 2. The number of carboxylic acid groups (broad SMARTS) is 1. The minimum absolute atomic E-state index is 0.0684. The van der Waals surface area contributed by atoms with Crippen LogP contribution in [-0.2, 0) is 9.59 Å². The average molecular weight is 289 g/mol. The number of alkyl halides is 5. The SMILES string of the molecule is O=C(O)CC1(NC(=O)C(F)(F)C(F)(F)F)CCCC1. The first kappa shape index (κ1) is 15.6. The number of hydrogen-bond donors (Lipinski definition) is 2. The number of halogens is 5. The molecule has 4 nitrogen and oxygen atoms in total.